The number of anilines is 2. The van der Waals surface area contributed by atoms with E-state index in [4.69, 9.17) is 11.6 Å². The number of hydrogen-bond donors (Lipinski definition) is 4. The van der Waals surface area contributed by atoms with Crippen LogP contribution < -0.4 is 27.2 Å². The zero-order valence-electron chi connectivity index (χ0n) is 22.4. The second-order valence-corrected chi connectivity index (χ2v) is 11.1. The molecule has 194 valence electrons. The highest BCUT2D eigenvalue weighted by Gasteiger charge is 2.20. The van der Waals surface area contributed by atoms with Crippen molar-refractivity contribution in [2.24, 2.45) is 17.0 Å². The van der Waals surface area contributed by atoms with E-state index in [1.54, 1.807) is 25.1 Å². The third-order valence-electron chi connectivity index (χ3n) is 5.38. The van der Waals surface area contributed by atoms with Crippen LogP contribution in [0.25, 0.3) is 0 Å². The standard InChI is InChI=1S/C27H38N6O3/c1-16-23(33(29)14-22(28)25(36)31-15-26(3,4)5)12-21(13-30-16)32-24(35)19-9-18(17(2)34)10-20(11-19)27(6,7)8/h9-14H,15,28-29H2,1-8H3,(H,31,36)(H,32,35)/b22-14-. The SMILES string of the molecule is CC(=O)c1cc(C(=O)Nc2cnc(C)c(N(N)/C=C(\N)C(=O)NCC(C)(C)C)c2)cc(C(C)(C)C)c1. The van der Waals surface area contributed by atoms with Crippen LogP contribution in [-0.4, -0.2) is 29.1 Å². The highest BCUT2D eigenvalue weighted by Crippen LogP contribution is 2.26. The average Bonchev–Trinajstić information content (AvgIpc) is 2.77. The fraction of sp³-hybridized carbons (Fsp3) is 0.407. The van der Waals surface area contributed by atoms with E-state index < -0.39 is 5.91 Å². The largest absolute Gasteiger partial charge is 0.393 e. The number of nitrogens with two attached hydrogens (primary N) is 2. The number of nitrogens with one attached hydrogen (secondary N) is 2. The minimum atomic E-state index is -0.435. The summed E-state index contributed by atoms with van der Waals surface area (Å²) in [5.41, 5.74) is 8.64. The summed E-state index contributed by atoms with van der Waals surface area (Å²) >= 11 is 0. The van der Waals surface area contributed by atoms with E-state index >= 15 is 0 Å². The summed E-state index contributed by atoms with van der Waals surface area (Å²) in [5.74, 6) is 5.21. The Hall–Kier alpha value is -3.72. The predicted molar refractivity (Wildman–Crippen MR) is 143 cm³/mol. The number of hydrogen-bond acceptors (Lipinski definition) is 7. The van der Waals surface area contributed by atoms with Gasteiger partial charge in [0.2, 0.25) is 0 Å². The number of rotatable bonds is 7. The van der Waals surface area contributed by atoms with Gasteiger partial charge >= 0.3 is 0 Å². The van der Waals surface area contributed by atoms with Crippen LogP contribution in [-0.2, 0) is 10.2 Å². The molecule has 0 bridgehead atoms. The Morgan fingerprint density at radius 2 is 1.64 bits per heavy atom. The van der Waals surface area contributed by atoms with E-state index in [9.17, 15) is 14.4 Å². The molecular formula is C27H38N6O3. The molecule has 1 aromatic carbocycles. The molecule has 0 atom stereocenters. The Morgan fingerprint density at radius 3 is 2.19 bits per heavy atom. The number of pyridine rings is 1. The molecule has 0 unspecified atom stereocenters. The van der Waals surface area contributed by atoms with Gasteiger partial charge in [-0.05, 0) is 54.5 Å². The van der Waals surface area contributed by atoms with Gasteiger partial charge in [-0.25, -0.2) is 5.84 Å². The molecular weight excluding hydrogens is 456 g/mol. The second kappa shape index (κ2) is 10.9. The zero-order chi connectivity index (χ0) is 27.4. The van der Waals surface area contributed by atoms with E-state index in [0.717, 1.165) is 5.56 Å². The lowest BCUT2D eigenvalue weighted by Gasteiger charge is -2.21. The van der Waals surface area contributed by atoms with Gasteiger partial charge in [-0.1, -0.05) is 41.5 Å². The summed E-state index contributed by atoms with van der Waals surface area (Å²) in [4.78, 5) is 41.7. The van der Waals surface area contributed by atoms with E-state index in [1.165, 1.54) is 24.3 Å². The van der Waals surface area contributed by atoms with Gasteiger partial charge in [0.15, 0.2) is 5.78 Å². The normalized spacial score (nSPS) is 12.2. The lowest BCUT2D eigenvalue weighted by molar-refractivity contribution is -0.118. The monoisotopic (exact) mass is 494 g/mol. The van der Waals surface area contributed by atoms with Crippen LogP contribution in [0.1, 0.15) is 80.4 Å². The van der Waals surface area contributed by atoms with Crippen LogP contribution >= 0.6 is 0 Å². The fourth-order valence-electron chi connectivity index (χ4n) is 3.17. The Bertz CT molecular complexity index is 1190. The Balaban J connectivity index is 2.29. The maximum Gasteiger partial charge on any atom is 0.268 e. The molecule has 1 heterocycles. The van der Waals surface area contributed by atoms with Crippen molar-refractivity contribution >= 4 is 29.0 Å². The summed E-state index contributed by atoms with van der Waals surface area (Å²) in [7, 11) is 0. The van der Waals surface area contributed by atoms with Crippen LogP contribution in [0.4, 0.5) is 11.4 Å². The van der Waals surface area contributed by atoms with Gasteiger partial charge in [0, 0.05) is 17.7 Å². The maximum absolute atomic E-state index is 13.1. The first-order valence-corrected chi connectivity index (χ1v) is 11.7. The Labute approximate surface area is 213 Å². The summed E-state index contributed by atoms with van der Waals surface area (Å²) in [6, 6.07) is 6.80. The smallest absolute Gasteiger partial charge is 0.268 e. The van der Waals surface area contributed by atoms with Crippen molar-refractivity contribution in [1.29, 1.82) is 0 Å². The number of benzene rings is 1. The number of hydrazine groups is 1. The first kappa shape index (κ1) is 28.5. The maximum atomic E-state index is 13.1. The molecule has 0 radical (unpaired) electrons. The molecule has 0 aliphatic rings. The number of nitrogens with zero attached hydrogens (tertiary/aromatic N) is 2. The number of aromatic nitrogens is 1. The number of carbonyl (C=O) groups excluding carboxylic acids is 3. The van der Waals surface area contributed by atoms with Gasteiger partial charge in [-0.15, -0.1) is 0 Å². The quantitative estimate of drug-likeness (QED) is 0.198. The van der Waals surface area contributed by atoms with Crippen molar-refractivity contribution in [2.75, 3.05) is 16.9 Å². The van der Waals surface area contributed by atoms with Gasteiger partial charge in [0.05, 0.1) is 29.5 Å². The van der Waals surface area contributed by atoms with Crippen LogP contribution in [0.3, 0.4) is 0 Å². The molecule has 0 aliphatic carbocycles. The lowest BCUT2D eigenvalue weighted by atomic mass is 9.84. The highest BCUT2D eigenvalue weighted by atomic mass is 16.2. The molecule has 2 amide bonds. The number of amides is 2. The summed E-state index contributed by atoms with van der Waals surface area (Å²) in [5, 5.41) is 6.77. The van der Waals surface area contributed by atoms with Crippen molar-refractivity contribution in [1.82, 2.24) is 10.3 Å². The topological polar surface area (TPSA) is 143 Å². The molecule has 1 aromatic heterocycles. The van der Waals surface area contributed by atoms with Crippen molar-refractivity contribution in [3.05, 3.63) is 64.7 Å². The van der Waals surface area contributed by atoms with Crippen LogP contribution in [0.15, 0.2) is 42.4 Å². The molecule has 9 heteroatoms. The molecule has 0 aliphatic heterocycles. The Morgan fingerprint density at radius 1 is 1.03 bits per heavy atom. The van der Waals surface area contributed by atoms with Crippen molar-refractivity contribution in [3.63, 3.8) is 0 Å². The van der Waals surface area contributed by atoms with E-state index in [2.05, 4.69) is 15.6 Å². The summed E-state index contributed by atoms with van der Waals surface area (Å²) < 4.78 is 0. The van der Waals surface area contributed by atoms with E-state index in [1.807, 2.05) is 47.6 Å². The highest BCUT2D eigenvalue weighted by molar-refractivity contribution is 6.06. The van der Waals surface area contributed by atoms with Gasteiger partial charge in [-0.3, -0.25) is 24.4 Å². The first-order chi connectivity index (χ1) is 16.5. The number of aryl methyl sites for hydroxylation is 1. The van der Waals surface area contributed by atoms with Gasteiger partial charge in [0.25, 0.3) is 11.8 Å². The molecule has 0 saturated carbocycles. The second-order valence-electron chi connectivity index (χ2n) is 11.1. The molecule has 0 fully saturated rings. The molecule has 2 aromatic rings. The molecule has 36 heavy (non-hydrogen) atoms. The van der Waals surface area contributed by atoms with Crippen molar-refractivity contribution in [2.45, 2.75) is 60.8 Å². The van der Waals surface area contributed by atoms with Crippen LogP contribution in [0, 0.1) is 12.3 Å². The summed E-state index contributed by atoms with van der Waals surface area (Å²) in [6.45, 7) is 15.7. The number of Topliss-reactive ketones (excluding diaryl/α,β-unsaturated/α-hetero) is 1. The van der Waals surface area contributed by atoms with Gasteiger partial charge < -0.3 is 16.4 Å². The predicted octanol–water partition coefficient (Wildman–Crippen LogP) is 3.78. The van der Waals surface area contributed by atoms with Crippen molar-refractivity contribution in [3.8, 4) is 0 Å². The average molecular weight is 495 g/mol. The molecule has 0 spiro atoms. The number of ketones is 1. The van der Waals surface area contributed by atoms with Crippen LogP contribution in [0.2, 0.25) is 0 Å². The van der Waals surface area contributed by atoms with E-state index in [0.29, 0.717) is 34.7 Å². The first-order valence-electron chi connectivity index (χ1n) is 11.7. The summed E-state index contributed by atoms with van der Waals surface area (Å²) in [6.07, 6.45) is 2.81. The van der Waals surface area contributed by atoms with E-state index in [-0.39, 0.29) is 28.2 Å². The minimum Gasteiger partial charge on any atom is -0.393 e. The third kappa shape index (κ3) is 7.91. The fourth-order valence-corrected chi connectivity index (χ4v) is 3.17. The molecule has 0 saturated heterocycles. The molecule has 6 N–H and O–H groups in total. The number of carbonyl (C=O) groups is 3. The van der Waals surface area contributed by atoms with Gasteiger partial charge in [0.1, 0.15) is 5.70 Å². The van der Waals surface area contributed by atoms with Crippen LogP contribution in [0.5, 0.6) is 0 Å². The minimum absolute atomic E-state index is 0.0636. The molecule has 9 nitrogen and oxygen atoms in total. The van der Waals surface area contributed by atoms with Gasteiger partial charge in [-0.2, -0.15) is 0 Å². The third-order valence-corrected chi connectivity index (χ3v) is 5.38. The zero-order valence-corrected chi connectivity index (χ0v) is 22.4. The molecule has 2 rings (SSSR count). The Kier molecular flexibility index (Phi) is 8.64. The lowest BCUT2D eigenvalue weighted by Crippen LogP contribution is -2.37. The van der Waals surface area contributed by atoms with Crippen molar-refractivity contribution < 1.29 is 14.4 Å².